The van der Waals surface area contributed by atoms with Crippen LogP contribution in [0.15, 0.2) is 0 Å². The summed E-state index contributed by atoms with van der Waals surface area (Å²) in [7, 11) is 0. The van der Waals surface area contributed by atoms with E-state index in [9.17, 15) is 18.3 Å². The molecule has 0 saturated carbocycles. The molecule has 0 radical (unpaired) electrons. The highest BCUT2D eigenvalue weighted by Crippen LogP contribution is 2.29. The third kappa shape index (κ3) is 2.81. The molecule has 1 aliphatic rings. The highest BCUT2D eigenvalue weighted by atomic mass is 19.4. The molecule has 1 aromatic heterocycles. The lowest BCUT2D eigenvalue weighted by Crippen LogP contribution is -2.43. The molecule has 0 spiro atoms. The summed E-state index contributed by atoms with van der Waals surface area (Å²) in [6.07, 6.45) is -4.47. The maximum atomic E-state index is 12.6. The predicted molar refractivity (Wildman–Crippen MR) is 56.6 cm³/mol. The molecule has 5 nitrogen and oxygen atoms in total. The van der Waals surface area contributed by atoms with Gasteiger partial charge < -0.3 is 9.67 Å². The first-order valence-corrected chi connectivity index (χ1v) is 5.61. The maximum Gasteiger partial charge on any atom is 0.451 e. The second kappa shape index (κ2) is 4.20. The van der Waals surface area contributed by atoms with Crippen molar-refractivity contribution in [1.82, 2.24) is 19.7 Å². The van der Waals surface area contributed by atoms with Crippen LogP contribution in [0.2, 0.25) is 0 Å². The molecule has 102 valence electrons. The van der Waals surface area contributed by atoms with Crippen LogP contribution in [0.4, 0.5) is 13.2 Å². The van der Waals surface area contributed by atoms with Gasteiger partial charge in [0, 0.05) is 19.6 Å². The monoisotopic (exact) mass is 264 g/mol. The van der Waals surface area contributed by atoms with E-state index in [4.69, 9.17) is 0 Å². The molecule has 2 heterocycles. The van der Waals surface area contributed by atoms with Gasteiger partial charge in [0.05, 0.1) is 12.1 Å². The van der Waals surface area contributed by atoms with E-state index < -0.39 is 17.6 Å². The zero-order valence-electron chi connectivity index (χ0n) is 10.2. The van der Waals surface area contributed by atoms with E-state index in [1.165, 1.54) is 0 Å². The molecule has 0 fully saturated rings. The number of fused-ring (bicyclic) bond motifs is 1. The molecule has 0 amide bonds. The van der Waals surface area contributed by atoms with E-state index >= 15 is 0 Å². The minimum Gasteiger partial charge on any atom is -0.389 e. The van der Waals surface area contributed by atoms with Gasteiger partial charge in [-0.1, -0.05) is 0 Å². The van der Waals surface area contributed by atoms with E-state index in [-0.39, 0.29) is 18.9 Å². The summed E-state index contributed by atoms with van der Waals surface area (Å²) in [5.74, 6) is -0.654. The van der Waals surface area contributed by atoms with E-state index in [1.807, 2.05) is 4.90 Å². The number of halogens is 3. The van der Waals surface area contributed by atoms with Gasteiger partial charge in [0.2, 0.25) is 5.82 Å². The largest absolute Gasteiger partial charge is 0.451 e. The Morgan fingerprint density at radius 2 is 1.89 bits per heavy atom. The molecule has 0 bridgehead atoms. The fourth-order valence-corrected chi connectivity index (χ4v) is 2.10. The second-order valence-electron chi connectivity index (χ2n) is 5.11. The second-order valence-corrected chi connectivity index (χ2v) is 5.11. The Kier molecular flexibility index (Phi) is 3.10. The number of nitrogens with zero attached hydrogens (tertiary/aromatic N) is 4. The maximum absolute atomic E-state index is 12.6. The van der Waals surface area contributed by atoms with Crippen molar-refractivity contribution in [1.29, 1.82) is 0 Å². The SMILES string of the molecule is CC(C)(O)CN1CCn2c(nnc2C(F)(F)F)C1. The number of hydrogen-bond donors (Lipinski definition) is 1. The van der Waals surface area contributed by atoms with Crippen LogP contribution >= 0.6 is 0 Å². The van der Waals surface area contributed by atoms with Crippen molar-refractivity contribution in [3.63, 3.8) is 0 Å². The number of alkyl halides is 3. The van der Waals surface area contributed by atoms with Crippen molar-refractivity contribution in [2.24, 2.45) is 0 Å². The molecule has 1 aromatic rings. The minimum absolute atomic E-state index is 0.188. The van der Waals surface area contributed by atoms with Crippen molar-refractivity contribution in [3.05, 3.63) is 11.6 Å². The summed E-state index contributed by atoms with van der Waals surface area (Å²) in [5, 5.41) is 16.5. The zero-order chi connectivity index (χ0) is 13.6. The van der Waals surface area contributed by atoms with Crippen LogP contribution < -0.4 is 0 Å². The first kappa shape index (κ1) is 13.3. The molecule has 0 aromatic carbocycles. The molecule has 0 aliphatic carbocycles. The highest BCUT2D eigenvalue weighted by molar-refractivity contribution is 5.02. The lowest BCUT2D eigenvalue weighted by molar-refractivity contribution is -0.148. The third-order valence-corrected chi connectivity index (χ3v) is 2.70. The summed E-state index contributed by atoms with van der Waals surface area (Å²) in [6.45, 7) is 4.61. The van der Waals surface area contributed by atoms with Crippen molar-refractivity contribution < 1.29 is 18.3 Å². The molecule has 0 unspecified atom stereocenters. The molecule has 1 N–H and O–H groups in total. The van der Waals surface area contributed by atoms with Gasteiger partial charge in [-0.3, -0.25) is 4.90 Å². The highest BCUT2D eigenvalue weighted by Gasteiger charge is 2.39. The normalized spacial score (nSPS) is 17.9. The number of aromatic nitrogens is 3. The van der Waals surface area contributed by atoms with E-state index in [1.54, 1.807) is 13.8 Å². The van der Waals surface area contributed by atoms with Crippen molar-refractivity contribution in [3.8, 4) is 0 Å². The van der Waals surface area contributed by atoms with Crippen molar-refractivity contribution >= 4 is 0 Å². The van der Waals surface area contributed by atoms with Crippen LogP contribution in [-0.4, -0.2) is 43.5 Å². The summed E-state index contributed by atoms with van der Waals surface area (Å²) < 4.78 is 38.9. The smallest absolute Gasteiger partial charge is 0.389 e. The molecule has 0 atom stereocenters. The molecule has 8 heteroatoms. The van der Waals surface area contributed by atoms with Gasteiger partial charge >= 0.3 is 6.18 Å². The lowest BCUT2D eigenvalue weighted by atomic mass is 10.1. The molecular formula is C10H15F3N4O. The average Bonchev–Trinajstić information content (AvgIpc) is 2.56. The van der Waals surface area contributed by atoms with Gasteiger partial charge in [-0.15, -0.1) is 10.2 Å². The summed E-state index contributed by atoms with van der Waals surface area (Å²) in [5.41, 5.74) is -0.880. The van der Waals surface area contributed by atoms with Gasteiger partial charge in [-0.2, -0.15) is 13.2 Å². The van der Waals surface area contributed by atoms with Crippen LogP contribution in [0.3, 0.4) is 0 Å². The first-order chi connectivity index (χ1) is 8.17. The number of rotatable bonds is 2. The number of hydrogen-bond acceptors (Lipinski definition) is 4. The molecule has 18 heavy (non-hydrogen) atoms. The topological polar surface area (TPSA) is 54.2 Å². The molecule has 2 rings (SSSR count). The van der Waals surface area contributed by atoms with Gasteiger partial charge in [0.1, 0.15) is 5.82 Å². The van der Waals surface area contributed by atoms with Crippen LogP contribution in [0, 0.1) is 0 Å². The first-order valence-electron chi connectivity index (χ1n) is 5.61. The Balaban J connectivity index is 2.15. The zero-order valence-corrected chi connectivity index (χ0v) is 10.2. The minimum atomic E-state index is -4.47. The van der Waals surface area contributed by atoms with Gasteiger partial charge in [-0.05, 0) is 13.8 Å². The van der Waals surface area contributed by atoms with Crippen LogP contribution in [0.25, 0.3) is 0 Å². The van der Waals surface area contributed by atoms with Crippen LogP contribution in [0.1, 0.15) is 25.5 Å². The number of β-amino-alcohol motifs (C(OH)–C–C–N with tert-alkyl or cyclic N) is 1. The summed E-state index contributed by atoms with van der Waals surface area (Å²) >= 11 is 0. The lowest BCUT2D eigenvalue weighted by Gasteiger charge is -2.32. The Bertz CT molecular complexity index is 435. The van der Waals surface area contributed by atoms with Crippen LogP contribution in [0.5, 0.6) is 0 Å². The average molecular weight is 264 g/mol. The third-order valence-electron chi connectivity index (χ3n) is 2.70. The van der Waals surface area contributed by atoms with E-state index in [0.29, 0.717) is 13.1 Å². The summed E-state index contributed by atoms with van der Waals surface area (Å²) in [4.78, 5) is 1.87. The van der Waals surface area contributed by atoms with Gasteiger partial charge in [-0.25, -0.2) is 0 Å². The number of aliphatic hydroxyl groups is 1. The Morgan fingerprint density at radius 1 is 1.22 bits per heavy atom. The van der Waals surface area contributed by atoms with Crippen molar-refractivity contribution in [2.75, 3.05) is 13.1 Å². The standard InChI is InChI=1S/C10H15F3N4O/c1-9(2,18)6-16-3-4-17-7(5-16)14-15-8(17)10(11,12)13/h18H,3-6H2,1-2H3. The Labute approximate surface area is 102 Å². The fraction of sp³-hybridized carbons (Fsp3) is 0.800. The van der Waals surface area contributed by atoms with Gasteiger partial charge in [0.15, 0.2) is 0 Å². The van der Waals surface area contributed by atoms with E-state index in [0.717, 1.165) is 4.57 Å². The van der Waals surface area contributed by atoms with Gasteiger partial charge in [0.25, 0.3) is 0 Å². The molecule has 0 saturated heterocycles. The summed E-state index contributed by atoms with van der Waals surface area (Å²) in [6, 6.07) is 0. The molecule has 1 aliphatic heterocycles. The predicted octanol–water partition coefficient (Wildman–Crippen LogP) is 0.883. The quantitative estimate of drug-likeness (QED) is 0.861. The van der Waals surface area contributed by atoms with Crippen molar-refractivity contribution in [2.45, 2.75) is 38.7 Å². The van der Waals surface area contributed by atoms with E-state index in [2.05, 4.69) is 10.2 Å². The Morgan fingerprint density at radius 3 is 2.44 bits per heavy atom. The Hall–Kier alpha value is -1.15. The molecular weight excluding hydrogens is 249 g/mol. The van der Waals surface area contributed by atoms with Crippen LogP contribution in [-0.2, 0) is 19.3 Å². The fourth-order valence-electron chi connectivity index (χ4n) is 2.10.